The smallest absolute Gasteiger partial charge is 0.417 e. The van der Waals surface area contributed by atoms with Gasteiger partial charge in [0.25, 0.3) is 0 Å². The van der Waals surface area contributed by atoms with Crippen LogP contribution in [-0.4, -0.2) is 25.4 Å². The first-order valence-electron chi connectivity index (χ1n) is 6.41. The van der Waals surface area contributed by atoms with Crippen LogP contribution in [0.2, 0.25) is 0 Å². The Bertz CT molecular complexity index is 1070. The minimum atomic E-state index is -0.884. The summed E-state index contributed by atoms with van der Waals surface area (Å²) in [5, 5.41) is 10.7. The van der Waals surface area contributed by atoms with Crippen molar-refractivity contribution in [1.29, 1.82) is 0 Å². The Morgan fingerprint density at radius 3 is 3.14 bits per heavy atom. The Morgan fingerprint density at radius 1 is 1.45 bits per heavy atom. The number of fused-ring (bicyclic) bond motifs is 2. The summed E-state index contributed by atoms with van der Waals surface area (Å²) in [7, 11) is 0. The summed E-state index contributed by atoms with van der Waals surface area (Å²) in [4.78, 5) is 29.8. The van der Waals surface area contributed by atoms with Gasteiger partial charge in [-0.15, -0.1) is 11.3 Å². The van der Waals surface area contributed by atoms with E-state index in [2.05, 4.69) is 9.97 Å². The standard InChI is InChI=1S/C14H9N3O4S/c18-12(19)4-8-6-22-13-15-10(5-17(8)13)7-1-2-9-11(3-7)21-14(20)16-9/h1-3,5-6H,4H2,(H,16,20)(H,18,19). The van der Waals surface area contributed by atoms with Gasteiger partial charge < -0.3 is 9.52 Å². The van der Waals surface area contributed by atoms with E-state index < -0.39 is 11.7 Å². The van der Waals surface area contributed by atoms with Crippen LogP contribution in [0, 0.1) is 0 Å². The number of hydrogen-bond donors (Lipinski definition) is 2. The van der Waals surface area contributed by atoms with Gasteiger partial charge in [-0.2, -0.15) is 0 Å². The van der Waals surface area contributed by atoms with E-state index in [9.17, 15) is 9.59 Å². The molecular formula is C14H9N3O4S. The molecule has 4 aromatic rings. The van der Waals surface area contributed by atoms with E-state index in [0.717, 1.165) is 10.5 Å². The van der Waals surface area contributed by atoms with Gasteiger partial charge in [0, 0.05) is 22.8 Å². The number of thiazole rings is 1. The number of benzene rings is 1. The Hall–Kier alpha value is -2.87. The van der Waals surface area contributed by atoms with Crippen molar-refractivity contribution >= 4 is 33.4 Å². The Labute approximate surface area is 126 Å². The average molecular weight is 315 g/mol. The SMILES string of the molecule is O=C(O)Cc1csc2nc(-c3ccc4[nH]c(=O)oc4c3)cn12. The maximum atomic E-state index is 11.2. The van der Waals surface area contributed by atoms with Crippen LogP contribution in [0.15, 0.2) is 39.0 Å². The number of H-pyrrole nitrogens is 1. The van der Waals surface area contributed by atoms with Crippen LogP contribution in [0.1, 0.15) is 5.69 Å². The maximum absolute atomic E-state index is 11.2. The lowest BCUT2D eigenvalue weighted by molar-refractivity contribution is -0.136. The molecule has 4 rings (SSSR count). The van der Waals surface area contributed by atoms with Crippen molar-refractivity contribution in [3.63, 3.8) is 0 Å². The number of oxazole rings is 1. The normalized spacial score (nSPS) is 11.5. The predicted molar refractivity (Wildman–Crippen MR) is 80.2 cm³/mol. The lowest BCUT2D eigenvalue weighted by Gasteiger charge is -1.96. The van der Waals surface area contributed by atoms with Crippen LogP contribution < -0.4 is 5.76 Å². The number of nitrogens with zero attached hydrogens (tertiary/aromatic N) is 2. The van der Waals surface area contributed by atoms with Crippen LogP contribution in [-0.2, 0) is 11.2 Å². The first-order chi connectivity index (χ1) is 10.6. The van der Waals surface area contributed by atoms with Crippen LogP contribution in [0.25, 0.3) is 27.3 Å². The van der Waals surface area contributed by atoms with Crippen molar-refractivity contribution in [2.24, 2.45) is 0 Å². The van der Waals surface area contributed by atoms with E-state index in [-0.39, 0.29) is 6.42 Å². The molecule has 0 radical (unpaired) electrons. The topological polar surface area (TPSA) is 101 Å². The molecular weight excluding hydrogens is 306 g/mol. The van der Waals surface area contributed by atoms with Crippen molar-refractivity contribution in [2.45, 2.75) is 6.42 Å². The van der Waals surface area contributed by atoms with Gasteiger partial charge in [-0.25, -0.2) is 9.78 Å². The fourth-order valence-corrected chi connectivity index (χ4v) is 3.23. The molecule has 0 unspecified atom stereocenters. The molecule has 3 aromatic heterocycles. The predicted octanol–water partition coefficient (Wildman–Crippen LogP) is 2.12. The summed E-state index contributed by atoms with van der Waals surface area (Å²) < 4.78 is 6.81. The highest BCUT2D eigenvalue weighted by molar-refractivity contribution is 7.15. The van der Waals surface area contributed by atoms with E-state index >= 15 is 0 Å². The molecule has 0 aliphatic heterocycles. The zero-order chi connectivity index (χ0) is 15.3. The van der Waals surface area contributed by atoms with Crippen molar-refractivity contribution in [2.75, 3.05) is 0 Å². The number of aliphatic carboxylic acids is 1. The first-order valence-corrected chi connectivity index (χ1v) is 7.28. The van der Waals surface area contributed by atoms with Crippen LogP contribution in [0.5, 0.6) is 0 Å². The van der Waals surface area contributed by atoms with Crippen molar-refractivity contribution < 1.29 is 14.3 Å². The molecule has 110 valence electrons. The van der Waals surface area contributed by atoms with E-state index in [4.69, 9.17) is 9.52 Å². The fraction of sp³-hybridized carbons (Fsp3) is 0.0714. The van der Waals surface area contributed by atoms with E-state index in [1.54, 1.807) is 28.1 Å². The minimum Gasteiger partial charge on any atom is -0.481 e. The zero-order valence-electron chi connectivity index (χ0n) is 11.1. The third kappa shape index (κ3) is 2.01. The van der Waals surface area contributed by atoms with E-state index in [1.807, 2.05) is 6.07 Å². The molecule has 0 bridgehead atoms. The molecule has 0 atom stereocenters. The molecule has 1 aromatic carbocycles. The molecule has 0 aliphatic carbocycles. The Balaban J connectivity index is 1.83. The largest absolute Gasteiger partial charge is 0.481 e. The number of imidazole rings is 1. The van der Waals surface area contributed by atoms with Crippen LogP contribution >= 0.6 is 11.3 Å². The van der Waals surface area contributed by atoms with Crippen LogP contribution in [0.4, 0.5) is 0 Å². The summed E-state index contributed by atoms with van der Waals surface area (Å²) in [5.74, 6) is -1.38. The molecule has 22 heavy (non-hydrogen) atoms. The molecule has 2 N–H and O–H groups in total. The molecule has 0 spiro atoms. The second kappa shape index (κ2) is 4.57. The average Bonchev–Trinajstić information content (AvgIpc) is 3.11. The molecule has 0 saturated heterocycles. The summed E-state index contributed by atoms with van der Waals surface area (Å²) in [6, 6.07) is 5.31. The molecule has 0 saturated carbocycles. The first kappa shape index (κ1) is 12.8. The van der Waals surface area contributed by atoms with Crippen LogP contribution in [0.3, 0.4) is 0 Å². The molecule has 0 fully saturated rings. The molecule has 0 aliphatic rings. The summed E-state index contributed by atoms with van der Waals surface area (Å²) in [6.45, 7) is 0. The number of carboxylic acids is 1. The Kier molecular flexibility index (Phi) is 2.67. The lowest BCUT2D eigenvalue weighted by atomic mass is 10.1. The summed E-state index contributed by atoms with van der Waals surface area (Å²) in [5.41, 5.74) is 3.27. The maximum Gasteiger partial charge on any atom is 0.417 e. The quantitative estimate of drug-likeness (QED) is 0.603. The monoisotopic (exact) mass is 315 g/mol. The number of aromatic nitrogens is 3. The van der Waals surface area contributed by atoms with Gasteiger partial charge in [0.1, 0.15) is 0 Å². The summed E-state index contributed by atoms with van der Waals surface area (Å²) >= 11 is 1.39. The van der Waals surface area contributed by atoms with Gasteiger partial charge >= 0.3 is 11.7 Å². The third-order valence-corrected chi connectivity index (χ3v) is 4.22. The number of carboxylic acid groups (broad SMARTS) is 1. The van der Waals surface area contributed by atoms with Gasteiger partial charge in [0.15, 0.2) is 10.5 Å². The second-order valence-corrected chi connectivity index (χ2v) is 5.64. The number of hydrogen-bond acceptors (Lipinski definition) is 5. The lowest BCUT2D eigenvalue weighted by Crippen LogP contribution is -2.02. The van der Waals surface area contributed by atoms with Gasteiger partial charge in [0.2, 0.25) is 0 Å². The number of rotatable bonds is 3. The molecule has 3 heterocycles. The third-order valence-electron chi connectivity index (χ3n) is 3.33. The minimum absolute atomic E-state index is 0.0540. The molecule has 0 amide bonds. The highest BCUT2D eigenvalue weighted by Gasteiger charge is 2.12. The highest BCUT2D eigenvalue weighted by atomic mass is 32.1. The van der Waals surface area contributed by atoms with Gasteiger partial charge in [-0.1, -0.05) is 6.07 Å². The van der Waals surface area contributed by atoms with Gasteiger partial charge in [-0.05, 0) is 12.1 Å². The fourth-order valence-electron chi connectivity index (χ4n) is 2.36. The molecule has 7 nitrogen and oxygen atoms in total. The zero-order valence-corrected chi connectivity index (χ0v) is 11.9. The van der Waals surface area contributed by atoms with Gasteiger partial charge in [-0.3, -0.25) is 14.2 Å². The van der Waals surface area contributed by atoms with Crippen molar-refractivity contribution in [3.8, 4) is 11.3 Å². The van der Waals surface area contributed by atoms with Crippen molar-refractivity contribution in [3.05, 3.63) is 46.0 Å². The van der Waals surface area contributed by atoms with E-state index in [0.29, 0.717) is 22.5 Å². The Morgan fingerprint density at radius 2 is 2.32 bits per heavy atom. The summed E-state index contributed by atoms with van der Waals surface area (Å²) in [6.07, 6.45) is 1.73. The van der Waals surface area contributed by atoms with Gasteiger partial charge in [0.05, 0.1) is 17.6 Å². The number of carbonyl (C=O) groups is 1. The number of nitrogens with one attached hydrogen (secondary N) is 1. The van der Waals surface area contributed by atoms with E-state index in [1.165, 1.54) is 11.3 Å². The second-order valence-electron chi connectivity index (χ2n) is 4.80. The number of aromatic amines is 1. The molecule has 8 heteroatoms. The highest BCUT2D eigenvalue weighted by Crippen LogP contribution is 2.26. The van der Waals surface area contributed by atoms with Crippen molar-refractivity contribution in [1.82, 2.24) is 14.4 Å².